The summed E-state index contributed by atoms with van der Waals surface area (Å²) in [5.41, 5.74) is 6.40. The van der Waals surface area contributed by atoms with Crippen LogP contribution in [-0.2, 0) is 4.74 Å². The minimum atomic E-state index is -0.306. The summed E-state index contributed by atoms with van der Waals surface area (Å²) in [6, 6.07) is 4.44. The fourth-order valence-electron chi connectivity index (χ4n) is 1.56. The molecule has 0 aliphatic rings. The molecular weight excluding hydrogens is 256 g/mol. The van der Waals surface area contributed by atoms with Gasteiger partial charge in [-0.2, -0.15) is 0 Å². The smallest absolute Gasteiger partial charge is 0.253 e. The molecule has 0 saturated heterocycles. The lowest BCUT2D eigenvalue weighted by atomic mass is 10.1. The molecule has 5 nitrogen and oxygen atoms in total. The molecule has 1 aromatic carbocycles. The van der Waals surface area contributed by atoms with Crippen LogP contribution in [0.15, 0.2) is 18.2 Å². The third-order valence-electron chi connectivity index (χ3n) is 2.44. The summed E-state index contributed by atoms with van der Waals surface area (Å²) in [4.78, 5) is 12.0. The monoisotopic (exact) mass is 272 g/mol. The first-order chi connectivity index (χ1) is 8.58. The van der Waals surface area contributed by atoms with Gasteiger partial charge in [0.1, 0.15) is 0 Å². The maximum absolute atomic E-state index is 12.0. The van der Waals surface area contributed by atoms with Gasteiger partial charge in [-0.1, -0.05) is 11.6 Å². The van der Waals surface area contributed by atoms with Crippen LogP contribution in [-0.4, -0.2) is 37.4 Å². The topological polar surface area (TPSA) is 84.6 Å². The van der Waals surface area contributed by atoms with Crippen LogP contribution < -0.4 is 11.1 Å². The van der Waals surface area contributed by atoms with Crippen LogP contribution in [0.2, 0.25) is 5.02 Å². The second-order valence-electron chi connectivity index (χ2n) is 3.87. The van der Waals surface area contributed by atoms with Gasteiger partial charge in [0.05, 0.1) is 18.2 Å². The first-order valence-corrected chi connectivity index (χ1v) is 5.92. The highest BCUT2D eigenvalue weighted by Crippen LogP contribution is 2.18. The van der Waals surface area contributed by atoms with E-state index in [2.05, 4.69) is 5.32 Å². The summed E-state index contributed by atoms with van der Waals surface area (Å²) < 4.78 is 4.96. The SMILES string of the molecule is COCC(CCO)NC(=O)c1ccc(Cl)cc1N. The normalized spacial score (nSPS) is 12.2. The van der Waals surface area contributed by atoms with E-state index >= 15 is 0 Å². The van der Waals surface area contributed by atoms with Gasteiger partial charge >= 0.3 is 0 Å². The number of aliphatic hydroxyl groups excluding tert-OH is 1. The van der Waals surface area contributed by atoms with Crippen molar-refractivity contribution in [2.24, 2.45) is 0 Å². The van der Waals surface area contributed by atoms with Crippen LogP contribution in [0.25, 0.3) is 0 Å². The summed E-state index contributed by atoms with van der Waals surface area (Å²) in [7, 11) is 1.53. The molecule has 6 heteroatoms. The molecule has 1 amide bonds. The van der Waals surface area contributed by atoms with Gasteiger partial charge in [0.25, 0.3) is 5.91 Å². The molecule has 0 spiro atoms. The standard InChI is InChI=1S/C12H17ClN2O3/c1-18-7-9(4-5-16)15-12(17)10-3-2-8(13)6-11(10)14/h2-3,6,9,16H,4-5,7,14H2,1H3,(H,15,17). The Morgan fingerprint density at radius 2 is 2.33 bits per heavy atom. The molecule has 0 bridgehead atoms. The van der Waals surface area contributed by atoms with E-state index in [0.717, 1.165) is 0 Å². The Balaban J connectivity index is 2.73. The minimum Gasteiger partial charge on any atom is -0.398 e. The van der Waals surface area contributed by atoms with E-state index in [4.69, 9.17) is 27.2 Å². The van der Waals surface area contributed by atoms with Crippen molar-refractivity contribution in [1.82, 2.24) is 5.32 Å². The average Bonchev–Trinajstić information content (AvgIpc) is 2.29. The molecular formula is C12H17ClN2O3. The molecule has 1 aromatic rings. The van der Waals surface area contributed by atoms with Gasteiger partial charge in [0.15, 0.2) is 0 Å². The van der Waals surface area contributed by atoms with E-state index in [9.17, 15) is 4.79 Å². The number of aliphatic hydroxyl groups is 1. The van der Waals surface area contributed by atoms with Crippen molar-refractivity contribution in [3.05, 3.63) is 28.8 Å². The zero-order valence-corrected chi connectivity index (χ0v) is 10.9. The Hall–Kier alpha value is -1.30. The number of carbonyl (C=O) groups excluding carboxylic acids is 1. The van der Waals surface area contributed by atoms with Gasteiger partial charge in [-0.05, 0) is 24.6 Å². The third kappa shape index (κ3) is 4.18. The minimum absolute atomic E-state index is 0.0234. The number of nitrogens with one attached hydrogen (secondary N) is 1. The van der Waals surface area contributed by atoms with Crippen LogP contribution in [0.5, 0.6) is 0 Å². The van der Waals surface area contributed by atoms with Gasteiger partial charge in [-0.15, -0.1) is 0 Å². The van der Waals surface area contributed by atoms with Gasteiger partial charge in [-0.25, -0.2) is 0 Å². The van der Waals surface area contributed by atoms with Gasteiger partial charge in [0, 0.05) is 24.4 Å². The van der Waals surface area contributed by atoms with Crippen LogP contribution in [0.4, 0.5) is 5.69 Å². The zero-order chi connectivity index (χ0) is 13.5. The number of ether oxygens (including phenoxy) is 1. The number of methoxy groups -OCH3 is 1. The van der Waals surface area contributed by atoms with Crippen molar-refractivity contribution in [2.75, 3.05) is 26.1 Å². The van der Waals surface area contributed by atoms with E-state index in [-0.39, 0.29) is 18.6 Å². The average molecular weight is 273 g/mol. The lowest BCUT2D eigenvalue weighted by Gasteiger charge is -2.17. The highest BCUT2D eigenvalue weighted by atomic mass is 35.5. The summed E-state index contributed by atoms with van der Waals surface area (Å²) >= 11 is 5.76. The van der Waals surface area contributed by atoms with Gasteiger partial charge < -0.3 is 20.9 Å². The summed E-state index contributed by atoms with van der Waals surface area (Å²) in [6.45, 7) is 0.310. The number of amides is 1. The van der Waals surface area contributed by atoms with E-state index in [1.807, 2.05) is 0 Å². The molecule has 0 heterocycles. The zero-order valence-electron chi connectivity index (χ0n) is 10.1. The van der Waals surface area contributed by atoms with E-state index in [1.165, 1.54) is 13.2 Å². The fraction of sp³-hybridized carbons (Fsp3) is 0.417. The van der Waals surface area contributed by atoms with Gasteiger partial charge in [-0.3, -0.25) is 4.79 Å². The molecule has 0 aliphatic carbocycles. The van der Waals surface area contributed by atoms with E-state index in [0.29, 0.717) is 29.3 Å². The Morgan fingerprint density at radius 3 is 2.89 bits per heavy atom. The number of anilines is 1. The number of rotatable bonds is 6. The van der Waals surface area contributed by atoms with Crippen LogP contribution >= 0.6 is 11.6 Å². The lowest BCUT2D eigenvalue weighted by molar-refractivity contribution is 0.0879. The number of benzene rings is 1. The number of hydrogen-bond acceptors (Lipinski definition) is 4. The molecule has 4 N–H and O–H groups in total. The predicted molar refractivity (Wildman–Crippen MR) is 70.7 cm³/mol. The quantitative estimate of drug-likeness (QED) is 0.676. The van der Waals surface area contributed by atoms with Crippen molar-refractivity contribution in [1.29, 1.82) is 0 Å². The van der Waals surface area contributed by atoms with Crippen molar-refractivity contribution in [2.45, 2.75) is 12.5 Å². The van der Waals surface area contributed by atoms with Crippen molar-refractivity contribution in [3.8, 4) is 0 Å². The molecule has 1 atom stereocenters. The third-order valence-corrected chi connectivity index (χ3v) is 2.67. The Kier molecular flexibility index (Phi) is 5.91. The van der Waals surface area contributed by atoms with Gasteiger partial charge in [0.2, 0.25) is 0 Å². The molecule has 1 rings (SSSR count). The summed E-state index contributed by atoms with van der Waals surface area (Å²) in [6.07, 6.45) is 0.424. The van der Waals surface area contributed by atoms with Crippen molar-refractivity contribution < 1.29 is 14.6 Å². The largest absolute Gasteiger partial charge is 0.398 e. The van der Waals surface area contributed by atoms with Crippen molar-refractivity contribution >= 4 is 23.2 Å². The molecule has 0 aromatic heterocycles. The molecule has 0 saturated carbocycles. The second kappa shape index (κ2) is 7.20. The molecule has 0 radical (unpaired) electrons. The molecule has 0 aliphatic heterocycles. The number of halogens is 1. The number of hydrogen-bond donors (Lipinski definition) is 3. The second-order valence-corrected chi connectivity index (χ2v) is 4.31. The Bertz CT molecular complexity index is 406. The molecule has 18 heavy (non-hydrogen) atoms. The van der Waals surface area contributed by atoms with E-state index < -0.39 is 0 Å². The highest BCUT2D eigenvalue weighted by molar-refractivity contribution is 6.31. The molecule has 1 unspecified atom stereocenters. The maximum atomic E-state index is 12.0. The number of nitrogens with two attached hydrogens (primary N) is 1. The summed E-state index contributed by atoms with van der Waals surface area (Å²) in [5.74, 6) is -0.306. The predicted octanol–water partition coefficient (Wildman–Crippen LogP) is 1.05. The first-order valence-electron chi connectivity index (χ1n) is 5.54. The highest BCUT2D eigenvalue weighted by Gasteiger charge is 2.15. The van der Waals surface area contributed by atoms with Crippen LogP contribution in [0.3, 0.4) is 0 Å². The summed E-state index contributed by atoms with van der Waals surface area (Å²) in [5, 5.41) is 12.1. The molecule has 100 valence electrons. The Labute approximate surface area is 111 Å². The number of nitrogen functional groups attached to an aromatic ring is 1. The van der Waals surface area contributed by atoms with Crippen molar-refractivity contribution in [3.63, 3.8) is 0 Å². The maximum Gasteiger partial charge on any atom is 0.253 e. The van der Waals surface area contributed by atoms with Crippen LogP contribution in [0, 0.1) is 0 Å². The fourth-order valence-corrected chi connectivity index (χ4v) is 1.74. The van der Waals surface area contributed by atoms with E-state index in [1.54, 1.807) is 12.1 Å². The number of carbonyl (C=O) groups is 1. The molecule has 0 fully saturated rings. The lowest BCUT2D eigenvalue weighted by Crippen LogP contribution is -2.39. The Morgan fingerprint density at radius 1 is 1.61 bits per heavy atom. The van der Waals surface area contributed by atoms with Crippen LogP contribution in [0.1, 0.15) is 16.8 Å². The first kappa shape index (κ1) is 14.8.